The number of aromatic hydroxyl groups is 1. The molecule has 1 aliphatic carbocycles. The Balaban J connectivity index is 2.35. The van der Waals surface area contributed by atoms with Gasteiger partial charge < -0.3 is 5.11 Å². The van der Waals surface area contributed by atoms with E-state index in [1.807, 2.05) is 0 Å². The highest BCUT2D eigenvalue weighted by molar-refractivity contribution is 5.67. The molecule has 0 saturated heterocycles. The molecule has 74 valence electrons. The fourth-order valence-corrected chi connectivity index (χ4v) is 1.86. The summed E-state index contributed by atoms with van der Waals surface area (Å²) in [6.07, 6.45) is 6.56. The molecule has 0 bridgehead atoms. The Bertz CT molecular complexity index is 348. The fourth-order valence-electron chi connectivity index (χ4n) is 1.86. The van der Waals surface area contributed by atoms with Crippen molar-refractivity contribution < 1.29 is 9.50 Å². The van der Waals surface area contributed by atoms with Gasteiger partial charge in [0.1, 0.15) is 11.6 Å². The maximum atomic E-state index is 13.0. The molecule has 1 aromatic carbocycles. The molecule has 0 fully saturated rings. The predicted octanol–water partition coefficient (Wildman–Crippen LogP) is 3.49. The summed E-state index contributed by atoms with van der Waals surface area (Å²) in [5.74, 6) is -0.363. The number of phenolic OH excluding ortho intramolecular Hbond substituents is 1. The van der Waals surface area contributed by atoms with Crippen molar-refractivity contribution in [2.45, 2.75) is 25.7 Å². The first-order chi connectivity index (χ1) is 6.75. The van der Waals surface area contributed by atoms with Crippen molar-refractivity contribution in [2.75, 3.05) is 0 Å². The number of benzene rings is 1. The largest absolute Gasteiger partial charge is 0.508 e. The highest BCUT2D eigenvalue weighted by Gasteiger charge is 2.08. The Kier molecular flexibility index (Phi) is 2.53. The Labute approximate surface area is 82.9 Å². The van der Waals surface area contributed by atoms with Crippen LogP contribution in [0, 0.1) is 5.82 Å². The number of hydrogen-bond donors (Lipinski definition) is 1. The molecule has 0 saturated carbocycles. The van der Waals surface area contributed by atoms with Crippen LogP contribution in [0.15, 0.2) is 24.3 Å². The zero-order chi connectivity index (χ0) is 9.97. The molecule has 2 heteroatoms. The van der Waals surface area contributed by atoms with E-state index in [2.05, 4.69) is 6.08 Å². The third-order valence-electron chi connectivity index (χ3n) is 2.54. The summed E-state index contributed by atoms with van der Waals surface area (Å²) in [4.78, 5) is 0. The van der Waals surface area contributed by atoms with Gasteiger partial charge in [-0.2, -0.15) is 0 Å². The molecule has 0 spiro atoms. The number of phenols is 1. The maximum absolute atomic E-state index is 13.0. The van der Waals surface area contributed by atoms with E-state index in [0.717, 1.165) is 36.5 Å². The molecule has 0 amide bonds. The molecule has 1 nitrogen and oxygen atoms in total. The topological polar surface area (TPSA) is 20.2 Å². The van der Waals surface area contributed by atoms with E-state index < -0.39 is 0 Å². The fraction of sp³-hybridized carbons (Fsp3) is 0.333. The Morgan fingerprint density at radius 3 is 2.64 bits per heavy atom. The van der Waals surface area contributed by atoms with Gasteiger partial charge in [0.15, 0.2) is 0 Å². The van der Waals surface area contributed by atoms with Gasteiger partial charge in [0, 0.05) is 6.07 Å². The van der Waals surface area contributed by atoms with Crippen LogP contribution < -0.4 is 0 Å². The highest BCUT2D eigenvalue weighted by Crippen LogP contribution is 2.29. The summed E-state index contributed by atoms with van der Waals surface area (Å²) in [5.41, 5.74) is 1.98. The van der Waals surface area contributed by atoms with Crippen LogP contribution in [0.25, 0.3) is 5.57 Å². The summed E-state index contributed by atoms with van der Waals surface area (Å²) in [5, 5.41) is 9.26. The van der Waals surface area contributed by atoms with Crippen molar-refractivity contribution in [3.63, 3.8) is 0 Å². The smallest absolute Gasteiger partial charge is 0.127 e. The van der Waals surface area contributed by atoms with Gasteiger partial charge >= 0.3 is 0 Å². The zero-order valence-corrected chi connectivity index (χ0v) is 7.96. The summed E-state index contributed by atoms with van der Waals surface area (Å²) in [6.45, 7) is 0. The lowest BCUT2D eigenvalue weighted by Crippen LogP contribution is -1.92. The Hall–Kier alpha value is -1.31. The Morgan fingerprint density at radius 1 is 1.14 bits per heavy atom. The molecule has 0 aromatic heterocycles. The van der Waals surface area contributed by atoms with Gasteiger partial charge in [-0.25, -0.2) is 4.39 Å². The van der Waals surface area contributed by atoms with Crippen molar-refractivity contribution in [1.29, 1.82) is 0 Å². The van der Waals surface area contributed by atoms with Crippen LogP contribution in [-0.4, -0.2) is 5.11 Å². The minimum absolute atomic E-state index is 0.00599. The van der Waals surface area contributed by atoms with Gasteiger partial charge in [-0.05, 0) is 49.0 Å². The molecule has 1 aliphatic rings. The third-order valence-corrected chi connectivity index (χ3v) is 2.54. The van der Waals surface area contributed by atoms with Crippen LogP contribution in [0.1, 0.15) is 31.2 Å². The summed E-state index contributed by atoms with van der Waals surface area (Å²) < 4.78 is 13.0. The zero-order valence-electron chi connectivity index (χ0n) is 7.96. The second kappa shape index (κ2) is 3.82. The van der Waals surface area contributed by atoms with Gasteiger partial charge in [-0.3, -0.25) is 0 Å². The molecule has 0 unspecified atom stereocenters. The van der Waals surface area contributed by atoms with Crippen LogP contribution in [-0.2, 0) is 0 Å². The maximum Gasteiger partial charge on any atom is 0.127 e. The average molecular weight is 192 g/mol. The average Bonchev–Trinajstić information content (AvgIpc) is 2.18. The minimum Gasteiger partial charge on any atom is -0.508 e. The van der Waals surface area contributed by atoms with Gasteiger partial charge in [0.25, 0.3) is 0 Å². The first-order valence-corrected chi connectivity index (χ1v) is 4.95. The highest BCUT2D eigenvalue weighted by atomic mass is 19.1. The van der Waals surface area contributed by atoms with Crippen LogP contribution in [0.5, 0.6) is 5.75 Å². The SMILES string of the molecule is Oc1cc(F)cc(C2=CCCCC2)c1. The van der Waals surface area contributed by atoms with Crippen molar-refractivity contribution in [1.82, 2.24) is 0 Å². The second-order valence-corrected chi connectivity index (χ2v) is 3.67. The van der Waals surface area contributed by atoms with Crippen molar-refractivity contribution in [3.8, 4) is 5.75 Å². The molecule has 14 heavy (non-hydrogen) atoms. The monoisotopic (exact) mass is 192 g/mol. The Morgan fingerprint density at radius 2 is 2.00 bits per heavy atom. The molecule has 1 aromatic rings. The molecular weight excluding hydrogens is 179 g/mol. The first-order valence-electron chi connectivity index (χ1n) is 4.95. The molecule has 0 radical (unpaired) electrons. The van der Waals surface area contributed by atoms with Gasteiger partial charge in [-0.15, -0.1) is 0 Å². The first kappa shape index (κ1) is 9.25. The van der Waals surface area contributed by atoms with E-state index in [9.17, 15) is 9.50 Å². The number of hydrogen-bond acceptors (Lipinski definition) is 1. The van der Waals surface area contributed by atoms with Gasteiger partial charge in [0.05, 0.1) is 0 Å². The van der Waals surface area contributed by atoms with Crippen LogP contribution in [0.2, 0.25) is 0 Å². The quantitative estimate of drug-likeness (QED) is 0.722. The van der Waals surface area contributed by atoms with Crippen LogP contribution in [0.4, 0.5) is 4.39 Å². The minimum atomic E-state index is -0.369. The molecule has 0 aliphatic heterocycles. The summed E-state index contributed by atoms with van der Waals surface area (Å²) in [7, 11) is 0. The van der Waals surface area contributed by atoms with Crippen molar-refractivity contribution in [3.05, 3.63) is 35.7 Å². The summed E-state index contributed by atoms with van der Waals surface area (Å²) >= 11 is 0. The molecular formula is C12H13FO. The number of allylic oxidation sites excluding steroid dienone is 2. The van der Waals surface area contributed by atoms with Gasteiger partial charge in [0.2, 0.25) is 0 Å². The molecule has 1 N–H and O–H groups in total. The van der Waals surface area contributed by atoms with Crippen molar-refractivity contribution in [2.24, 2.45) is 0 Å². The summed E-state index contributed by atoms with van der Waals surface area (Å²) in [6, 6.07) is 4.24. The predicted molar refractivity (Wildman–Crippen MR) is 54.5 cm³/mol. The lowest BCUT2D eigenvalue weighted by molar-refractivity contribution is 0.469. The lowest BCUT2D eigenvalue weighted by Gasteiger charge is -2.13. The van der Waals surface area contributed by atoms with E-state index in [1.54, 1.807) is 6.07 Å². The second-order valence-electron chi connectivity index (χ2n) is 3.67. The van der Waals surface area contributed by atoms with E-state index in [1.165, 1.54) is 12.5 Å². The number of halogens is 1. The van der Waals surface area contributed by atoms with Gasteiger partial charge in [-0.1, -0.05) is 6.08 Å². The number of rotatable bonds is 1. The molecule has 2 rings (SSSR count). The standard InChI is InChI=1S/C12H13FO/c13-11-6-10(7-12(14)8-11)9-4-2-1-3-5-9/h4,6-8,14H,1-3,5H2. The van der Waals surface area contributed by atoms with Crippen molar-refractivity contribution >= 4 is 5.57 Å². The molecule has 0 atom stereocenters. The van der Waals surface area contributed by atoms with E-state index >= 15 is 0 Å². The van der Waals surface area contributed by atoms with E-state index in [0.29, 0.717) is 0 Å². The molecule has 0 heterocycles. The van der Waals surface area contributed by atoms with E-state index in [4.69, 9.17) is 0 Å². The third kappa shape index (κ3) is 1.95. The normalized spacial score (nSPS) is 16.5. The van der Waals surface area contributed by atoms with Crippen LogP contribution in [0.3, 0.4) is 0 Å². The van der Waals surface area contributed by atoms with Crippen LogP contribution >= 0.6 is 0 Å². The lowest BCUT2D eigenvalue weighted by atomic mass is 9.93. The van der Waals surface area contributed by atoms with E-state index in [-0.39, 0.29) is 11.6 Å².